The minimum absolute atomic E-state index is 0.231. The van der Waals surface area contributed by atoms with Crippen LogP contribution >= 0.6 is 0 Å². The smallest absolute Gasteiger partial charge is 0.261 e. The van der Waals surface area contributed by atoms with Gasteiger partial charge in [-0.15, -0.1) is 0 Å². The summed E-state index contributed by atoms with van der Waals surface area (Å²) in [5.41, 5.74) is 1.82. The Hall–Kier alpha value is -1.88. The lowest BCUT2D eigenvalue weighted by molar-refractivity contribution is 0.0693. The normalized spacial score (nSPS) is 22.5. The predicted molar refractivity (Wildman–Crippen MR) is 65.7 cm³/mol. The summed E-state index contributed by atoms with van der Waals surface area (Å²) in [4.78, 5) is 24.7. The Kier molecular flexibility index (Phi) is 2.56. The summed E-state index contributed by atoms with van der Waals surface area (Å²) >= 11 is 0. The molecule has 5 heteroatoms. The van der Waals surface area contributed by atoms with Crippen LogP contribution in [0.3, 0.4) is 0 Å². The van der Waals surface area contributed by atoms with E-state index in [9.17, 15) is 9.59 Å². The van der Waals surface area contributed by atoms with Crippen molar-refractivity contribution in [1.29, 1.82) is 0 Å². The first-order valence-corrected chi connectivity index (χ1v) is 5.97. The lowest BCUT2D eigenvalue weighted by Gasteiger charge is -2.12. The van der Waals surface area contributed by atoms with E-state index in [2.05, 4.69) is 5.32 Å². The van der Waals surface area contributed by atoms with Crippen molar-refractivity contribution >= 4 is 17.5 Å². The first-order chi connectivity index (χ1) is 8.66. The molecule has 1 saturated heterocycles. The van der Waals surface area contributed by atoms with Gasteiger partial charge in [0.15, 0.2) is 0 Å². The summed E-state index contributed by atoms with van der Waals surface area (Å²) in [6.45, 7) is 1.45. The van der Waals surface area contributed by atoms with Crippen molar-refractivity contribution < 1.29 is 14.3 Å². The molecule has 1 N–H and O–H groups in total. The van der Waals surface area contributed by atoms with E-state index < -0.39 is 0 Å². The summed E-state index contributed by atoms with van der Waals surface area (Å²) in [5, 5.41) is 3.31. The maximum absolute atomic E-state index is 11.8. The van der Waals surface area contributed by atoms with Crippen molar-refractivity contribution in [2.45, 2.75) is 12.5 Å². The fourth-order valence-corrected chi connectivity index (χ4v) is 2.34. The number of hydrogen-bond donors (Lipinski definition) is 1. The Morgan fingerprint density at radius 3 is 2.78 bits per heavy atom. The fourth-order valence-electron chi connectivity index (χ4n) is 2.34. The molecule has 0 aliphatic carbocycles. The van der Waals surface area contributed by atoms with E-state index >= 15 is 0 Å². The summed E-state index contributed by atoms with van der Waals surface area (Å²) < 4.78 is 5.29. The van der Waals surface area contributed by atoms with Gasteiger partial charge in [-0.05, 0) is 24.6 Å². The Labute approximate surface area is 105 Å². The number of rotatable bonds is 2. The molecule has 0 aromatic heterocycles. The second-order valence-electron chi connectivity index (χ2n) is 4.63. The zero-order valence-corrected chi connectivity index (χ0v) is 10.1. The minimum Gasteiger partial charge on any atom is -0.380 e. The molecule has 1 unspecified atom stereocenters. The second-order valence-corrected chi connectivity index (χ2v) is 4.63. The molecule has 0 saturated carbocycles. The average molecular weight is 246 g/mol. The molecule has 0 bridgehead atoms. The van der Waals surface area contributed by atoms with Gasteiger partial charge in [-0.1, -0.05) is 0 Å². The van der Waals surface area contributed by atoms with Crippen LogP contribution in [0.5, 0.6) is 0 Å². The Morgan fingerprint density at radius 1 is 1.28 bits per heavy atom. The van der Waals surface area contributed by atoms with E-state index in [1.807, 2.05) is 6.07 Å². The third-order valence-corrected chi connectivity index (χ3v) is 3.39. The van der Waals surface area contributed by atoms with Crippen LogP contribution in [0.2, 0.25) is 0 Å². The minimum atomic E-state index is -0.235. The van der Waals surface area contributed by atoms with Gasteiger partial charge in [0.1, 0.15) is 0 Å². The highest BCUT2D eigenvalue weighted by Gasteiger charge is 2.32. The summed E-state index contributed by atoms with van der Waals surface area (Å²) in [5.74, 6) is -0.466. The Balaban J connectivity index is 1.87. The van der Waals surface area contributed by atoms with Crippen LogP contribution < -0.4 is 5.32 Å². The van der Waals surface area contributed by atoms with Crippen LogP contribution in [0.15, 0.2) is 18.2 Å². The molecular formula is C13H14N2O3. The molecule has 1 fully saturated rings. The molecular weight excluding hydrogens is 232 g/mol. The first kappa shape index (κ1) is 11.2. The average Bonchev–Trinajstić information content (AvgIpc) is 2.95. The zero-order chi connectivity index (χ0) is 12.7. The zero-order valence-electron chi connectivity index (χ0n) is 10.1. The maximum Gasteiger partial charge on any atom is 0.261 e. The quantitative estimate of drug-likeness (QED) is 0.794. The summed E-state index contributed by atoms with van der Waals surface area (Å²) in [7, 11) is 1.50. The van der Waals surface area contributed by atoms with Crippen LogP contribution in [0, 0.1) is 0 Å². The molecule has 1 atom stereocenters. The molecule has 0 radical (unpaired) electrons. The second kappa shape index (κ2) is 4.10. The number of carbonyl (C=O) groups is 2. The standard InChI is InChI=1S/C13H14N2O3/c1-15-12(16)10-3-2-8(6-11(10)13(15)17)14-9-4-5-18-7-9/h2-3,6,9,14H,4-5,7H2,1H3. The van der Waals surface area contributed by atoms with Crippen molar-refractivity contribution in [2.75, 3.05) is 25.6 Å². The Bertz CT molecular complexity index is 521. The fraction of sp³-hybridized carbons (Fsp3) is 0.385. The van der Waals surface area contributed by atoms with E-state index in [0.717, 1.165) is 23.6 Å². The van der Waals surface area contributed by atoms with Crippen LogP contribution in [0.4, 0.5) is 5.69 Å². The highest BCUT2D eigenvalue weighted by atomic mass is 16.5. The van der Waals surface area contributed by atoms with Crippen LogP contribution in [-0.4, -0.2) is 43.0 Å². The lowest BCUT2D eigenvalue weighted by Crippen LogP contribution is -2.24. The number of nitrogens with one attached hydrogen (secondary N) is 1. The number of carbonyl (C=O) groups excluding carboxylic acids is 2. The molecule has 1 aromatic carbocycles. The van der Waals surface area contributed by atoms with E-state index in [4.69, 9.17) is 4.74 Å². The third-order valence-electron chi connectivity index (χ3n) is 3.39. The van der Waals surface area contributed by atoms with Gasteiger partial charge in [-0.3, -0.25) is 14.5 Å². The van der Waals surface area contributed by atoms with Crippen molar-refractivity contribution in [1.82, 2.24) is 4.90 Å². The number of benzene rings is 1. The number of imide groups is 1. The highest BCUT2D eigenvalue weighted by Crippen LogP contribution is 2.25. The van der Waals surface area contributed by atoms with Crippen molar-refractivity contribution in [3.63, 3.8) is 0 Å². The maximum atomic E-state index is 11.8. The lowest BCUT2D eigenvalue weighted by atomic mass is 10.1. The summed E-state index contributed by atoms with van der Waals surface area (Å²) in [6, 6.07) is 5.57. The predicted octanol–water partition coefficient (Wildman–Crippen LogP) is 1.11. The Morgan fingerprint density at radius 2 is 2.06 bits per heavy atom. The van der Waals surface area contributed by atoms with E-state index in [1.54, 1.807) is 12.1 Å². The van der Waals surface area contributed by atoms with Crippen molar-refractivity contribution in [3.8, 4) is 0 Å². The van der Waals surface area contributed by atoms with Gasteiger partial charge in [0.05, 0.1) is 23.8 Å². The summed E-state index contributed by atoms with van der Waals surface area (Å²) in [6.07, 6.45) is 0.962. The van der Waals surface area contributed by atoms with E-state index in [0.29, 0.717) is 17.7 Å². The molecule has 18 heavy (non-hydrogen) atoms. The molecule has 94 valence electrons. The van der Waals surface area contributed by atoms with Crippen molar-refractivity contribution in [3.05, 3.63) is 29.3 Å². The van der Waals surface area contributed by atoms with Gasteiger partial charge in [-0.2, -0.15) is 0 Å². The largest absolute Gasteiger partial charge is 0.380 e. The van der Waals surface area contributed by atoms with Gasteiger partial charge in [-0.25, -0.2) is 0 Å². The molecule has 2 aliphatic heterocycles. The number of fused-ring (bicyclic) bond motifs is 1. The molecule has 0 spiro atoms. The topological polar surface area (TPSA) is 58.6 Å². The van der Waals surface area contributed by atoms with E-state index in [-0.39, 0.29) is 17.9 Å². The van der Waals surface area contributed by atoms with Gasteiger partial charge >= 0.3 is 0 Å². The van der Waals surface area contributed by atoms with Crippen LogP contribution in [0.25, 0.3) is 0 Å². The van der Waals surface area contributed by atoms with Gasteiger partial charge < -0.3 is 10.1 Å². The van der Waals surface area contributed by atoms with Gasteiger partial charge in [0.25, 0.3) is 11.8 Å². The van der Waals surface area contributed by atoms with Gasteiger partial charge in [0, 0.05) is 19.3 Å². The monoisotopic (exact) mass is 246 g/mol. The number of amides is 2. The number of nitrogens with zero attached hydrogens (tertiary/aromatic N) is 1. The molecule has 5 nitrogen and oxygen atoms in total. The molecule has 2 aliphatic rings. The molecule has 2 heterocycles. The van der Waals surface area contributed by atoms with Crippen LogP contribution in [-0.2, 0) is 4.74 Å². The molecule has 2 amide bonds. The first-order valence-electron chi connectivity index (χ1n) is 5.97. The number of ether oxygens (including phenoxy) is 1. The SMILES string of the molecule is CN1C(=O)c2ccc(NC3CCOC3)cc2C1=O. The molecule has 1 aromatic rings. The number of anilines is 1. The molecule has 3 rings (SSSR count). The van der Waals surface area contributed by atoms with E-state index in [1.165, 1.54) is 7.05 Å². The van der Waals surface area contributed by atoms with Crippen LogP contribution in [0.1, 0.15) is 27.1 Å². The number of hydrogen-bond acceptors (Lipinski definition) is 4. The van der Waals surface area contributed by atoms with Gasteiger partial charge in [0.2, 0.25) is 0 Å². The highest BCUT2D eigenvalue weighted by molar-refractivity contribution is 6.21. The van der Waals surface area contributed by atoms with Crippen molar-refractivity contribution in [2.24, 2.45) is 0 Å². The third kappa shape index (κ3) is 1.67.